The second kappa shape index (κ2) is 8.39. The Hall–Kier alpha value is -1.92. The van der Waals surface area contributed by atoms with Crippen molar-refractivity contribution in [3.63, 3.8) is 0 Å². The van der Waals surface area contributed by atoms with Crippen molar-refractivity contribution in [2.24, 2.45) is 5.92 Å². The third kappa shape index (κ3) is 3.13. The summed E-state index contributed by atoms with van der Waals surface area (Å²) in [6, 6.07) is 23.3. The number of allylic oxidation sites excluding steroid dienone is 1. The van der Waals surface area contributed by atoms with Gasteiger partial charge in [0.25, 0.3) is 0 Å². The third-order valence-electron chi connectivity index (χ3n) is 8.20. The zero-order valence-electron chi connectivity index (χ0n) is 19.4. The maximum Gasteiger partial charge on any atom is 0.315 e. The molecule has 0 bridgehead atoms. The van der Waals surface area contributed by atoms with Crippen LogP contribution in [0.3, 0.4) is 0 Å². The molecule has 0 saturated heterocycles. The maximum absolute atomic E-state index is 2.46. The molecule has 33 heavy (non-hydrogen) atoms. The Balaban J connectivity index is 1.81. The molecule has 0 spiro atoms. The van der Waals surface area contributed by atoms with E-state index >= 15 is 0 Å². The molecule has 1 fully saturated rings. The van der Waals surface area contributed by atoms with Crippen molar-refractivity contribution in [1.29, 1.82) is 0 Å². The lowest BCUT2D eigenvalue weighted by Crippen LogP contribution is -2.79. The molecular formula is C28H30BNS3. The van der Waals surface area contributed by atoms with Gasteiger partial charge in [0.05, 0.1) is 5.69 Å². The van der Waals surface area contributed by atoms with Gasteiger partial charge >= 0.3 is 6.28 Å². The molecule has 0 amide bonds. The molecule has 1 aliphatic heterocycles. The van der Waals surface area contributed by atoms with Crippen LogP contribution in [-0.2, 0) is 0 Å². The van der Waals surface area contributed by atoms with Crippen LogP contribution in [0.25, 0.3) is 11.0 Å². The topological polar surface area (TPSA) is 0 Å². The first-order chi connectivity index (χ1) is 16.2. The summed E-state index contributed by atoms with van der Waals surface area (Å²) < 4.78 is 3.88. The Bertz CT molecular complexity index is 1230. The van der Waals surface area contributed by atoms with Gasteiger partial charge in [-0.05, 0) is 58.0 Å². The number of fused-ring (bicyclic) bond motifs is 1. The molecule has 5 heteroatoms. The largest absolute Gasteiger partial charge is 0.473 e. The van der Waals surface area contributed by atoms with Crippen molar-refractivity contribution < 1.29 is 0 Å². The zero-order chi connectivity index (χ0) is 22.5. The lowest BCUT2D eigenvalue weighted by Gasteiger charge is -2.60. The van der Waals surface area contributed by atoms with E-state index in [-0.39, 0.29) is 0 Å². The summed E-state index contributed by atoms with van der Waals surface area (Å²) in [7, 11) is 4.92. The average molecular weight is 488 g/mol. The first-order valence-corrected chi connectivity index (χ1v) is 14.7. The van der Waals surface area contributed by atoms with Crippen molar-refractivity contribution in [3.05, 3.63) is 87.2 Å². The van der Waals surface area contributed by atoms with Crippen LogP contribution in [0, 0.1) is 5.92 Å². The highest BCUT2D eigenvalue weighted by Gasteiger charge is 2.55. The normalized spacial score (nSPS) is 20.1. The van der Waals surface area contributed by atoms with Crippen molar-refractivity contribution in [1.82, 2.24) is 4.39 Å². The monoisotopic (exact) mass is 487 g/mol. The minimum atomic E-state index is -1.23. The molecule has 1 aliphatic carbocycles. The summed E-state index contributed by atoms with van der Waals surface area (Å²) >= 11 is 5.81. The SMILES string of the molecule is C[N+]1(C)c2ccccc2C(C2CCCCC2)=C(c2cccs2)[B-]1(c1cccs1)c1cccs1. The third-order valence-corrected chi connectivity index (χ3v) is 11.2. The van der Waals surface area contributed by atoms with E-state index in [0.717, 1.165) is 4.39 Å². The van der Waals surface area contributed by atoms with Crippen LogP contribution in [0.4, 0.5) is 5.69 Å². The predicted octanol–water partition coefficient (Wildman–Crippen LogP) is 7.24. The number of nitrogens with zero attached hydrogens (tertiary/aromatic N) is 1. The standard InChI is InChI=1S/C28H30BNS3/c1-30(2)23-14-7-6-13-22(23)27(21-11-4-3-5-12-21)28(24-15-8-18-31-24)29(30,25-16-9-19-32-25)26-17-10-20-33-26/h6-10,13-21H,3-5,11-12H2,1-2H3. The molecule has 168 valence electrons. The van der Waals surface area contributed by atoms with Gasteiger partial charge in [0.2, 0.25) is 0 Å². The minimum Gasteiger partial charge on any atom is -0.473 e. The van der Waals surface area contributed by atoms with Crippen LogP contribution in [0.5, 0.6) is 0 Å². The Labute approximate surface area is 209 Å². The summed E-state index contributed by atoms with van der Waals surface area (Å²) in [5.41, 5.74) is 6.22. The maximum atomic E-state index is 2.46. The molecule has 1 aromatic carbocycles. The fourth-order valence-corrected chi connectivity index (χ4v) is 10.1. The Morgan fingerprint density at radius 3 is 1.97 bits per heavy atom. The van der Waals surface area contributed by atoms with E-state index in [1.807, 2.05) is 34.0 Å². The highest BCUT2D eigenvalue weighted by Crippen LogP contribution is 2.53. The molecule has 0 radical (unpaired) electrons. The minimum absolute atomic E-state index is 0.637. The second-order valence-corrected chi connectivity index (χ2v) is 13.0. The number of quaternary nitrogens is 1. The van der Waals surface area contributed by atoms with Crippen LogP contribution < -0.4 is 13.9 Å². The lowest BCUT2D eigenvalue weighted by atomic mass is 9.24. The smallest absolute Gasteiger partial charge is 0.315 e. The van der Waals surface area contributed by atoms with Gasteiger partial charge in [0.15, 0.2) is 0 Å². The number of para-hydroxylation sites is 1. The molecule has 6 rings (SSSR count). The van der Waals surface area contributed by atoms with E-state index in [0.29, 0.717) is 5.92 Å². The van der Waals surface area contributed by atoms with Gasteiger partial charge in [0, 0.05) is 19.7 Å². The van der Waals surface area contributed by atoms with Crippen LogP contribution >= 0.6 is 34.0 Å². The number of thiophene rings is 3. The van der Waals surface area contributed by atoms with Gasteiger partial charge in [-0.3, -0.25) is 0 Å². The molecule has 1 saturated carbocycles. The molecule has 4 aromatic rings. The van der Waals surface area contributed by atoms with Crippen LogP contribution in [0.1, 0.15) is 42.5 Å². The van der Waals surface area contributed by atoms with Crippen molar-refractivity contribution in [2.45, 2.75) is 32.1 Å². The quantitative estimate of drug-likeness (QED) is 0.266. The summed E-state index contributed by atoms with van der Waals surface area (Å²) in [5, 5.41) is 6.82. The first-order valence-electron chi connectivity index (χ1n) is 12.1. The number of hydrogen-bond donors (Lipinski definition) is 0. The molecule has 2 aliphatic rings. The highest BCUT2D eigenvalue weighted by atomic mass is 32.1. The Morgan fingerprint density at radius 2 is 1.36 bits per heavy atom. The molecular weight excluding hydrogens is 457 g/mol. The summed E-state index contributed by atoms with van der Waals surface area (Å²) in [4.78, 5) is 1.46. The lowest BCUT2D eigenvalue weighted by molar-refractivity contribution is 0.429. The first kappa shape index (κ1) is 21.6. The average Bonchev–Trinajstić information content (AvgIpc) is 3.63. The van der Waals surface area contributed by atoms with Crippen molar-refractivity contribution >= 4 is 66.6 Å². The van der Waals surface area contributed by atoms with Gasteiger partial charge in [-0.1, -0.05) is 76.9 Å². The Morgan fingerprint density at radius 1 is 0.727 bits per heavy atom. The van der Waals surface area contributed by atoms with E-state index in [1.165, 1.54) is 57.8 Å². The van der Waals surface area contributed by atoms with Gasteiger partial charge in [-0.15, -0.1) is 16.8 Å². The number of hydrogen-bond acceptors (Lipinski definition) is 3. The molecule has 0 unspecified atom stereocenters. The Kier molecular flexibility index (Phi) is 5.49. The van der Waals surface area contributed by atoms with E-state index in [1.54, 1.807) is 11.0 Å². The van der Waals surface area contributed by atoms with E-state index in [2.05, 4.69) is 90.9 Å². The summed E-state index contributed by atoms with van der Waals surface area (Å²) in [6.07, 6.45) is 5.48. The highest BCUT2D eigenvalue weighted by molar-refractivity contribution is 7.41. The van der Waals surface area contributed by atoms with Crippen molar-refractivity contribution in [3.8, 4) is 0 Å². The second-order valence-electron chi connectivity index (χ2n) is 10.0. The molecule has 0 atom stereocenters. The fourth-order valence-electron chi connectivity index (χ4n) is 6.83. The summed E-state index contributed by atoms with van der Waals surface area (Å²) in [5.74, 6) is 0.637. The zero-order valence-corrected chi connectivity index (χ0v) is 21.8. The van der Waals surface area contributed by atoms with E-state index in [4.69, 9.17) is 0 Å². The number of rotatable bonds is 4. The van der Waals surface area contributed by atoms with Gasteiger partial charge in [-0.2, -0.15) is 22.7 Å². The predicted molar refractivity (Wildman–Crippen MR) is 151 cm³/mol. The van der Waals surface area contributed by atoms with Crippen LogP contribution in [-0.4, -0.2) is 20.4 Å². The summed E-state index contributed by atoms with van der Waals surface area (Å²) in [6.45, 7) is 0. The van der Waals surface area contributed by atoms with Gasteiger partial charge < -0.3 is 4.39 Å². The van der Waals surface area contributed by atoms with E-state index in [9.17, 15) is 0 Å². The molecule has 4 heterocycles. The molecule has 0 N–H and O–H groups in total. The number of benzene rings is 1. The van der Waals surface area contributed by atoms with Crippen LogP contribution in [0.15, 0.2) is 76.8 Å². The molecule has 3 aromatic heterocycles. The van der Waals surface area contributed by atoms with Crippen LogP contribution in [0.2, 0.25) is 0 Å². The fraction of sp³-hybridized carbons (Fsp3) is 0.286. The van der Waals surface area contributed by atoms with Crippen molar-refractivity contribution in [2.75, 3.05) is 14.1 Å². The van der Waals surface area contributed by atoms with Gasteiger partial charge in [0.1, 0.15) is 0 Å². The molecule has 1 nitrogen and oxygen atoms in total. The van der Waals surface area contributed by atoms with E-state index < -0.39 is 6.28 Å². The van der Waals surface area contributed by atoms with Gasteiger partial charge in [-0.25, -0.2) is 0 Å².